The minimum Gasteiger partial charge on any atom is -0.480 e. The molecular weight excluding hydrogens is 238 g/mol. The molecule has 3 amide bonds. The lowest BCUT2D eigenvalue weighted by Gasteiger charge is -2.27. The second-order valence-electron chi connectivity index (χ2n) is 4.79. The third-order valence-corrected chi connectivity index (χ3v) is 3.32. The average Bonchev–Trinajstić information content (AvgIpc) is 2.69. The second-order valence-corrected chi connectivity index (χ2v) is 4.79. The Labute approximate surface area is 106 Å². The number of aliphatic carboxylic acids is 1. The number of rotatable bonds is 4. The van der Waals surface area contributed by atoms with Gasteiger partial charge in [0.15, 0.2) is 0 Å². The lowest BCUT2D eigenvalue weighted by atomic mass is 9.89. The maximum Gasteiger partial charge on any atom is 0.323 e. The van der Waals surface area contributed by atoms with Crippen LogP contribution in [-0.4, -0.2) is 59.0 Å². The molecule has 1 saturated heterocycles. The summed E-state index contributed by atoms with van der Waals surface area (Å²) in [6, 6.07) is -0.357. The van der Waals surface area contributed by atoms with E-state index in [1.165, 1.54) is 9.80 Å². The molecule has 1 aliphatic heterocycles. The summed E-state index contributed by atoms with van der Waals surface area (Å²) in [6.45, 7) is 4.08. The van der Waals surface area contributed by atoms with Crippen molar-refractivity contribution in [3.8, 4) is 0 Å². The molecule has 7 heteroatoms. The van der Waals surface area contributed by atoms with Gasteiger partial charge in [-0.3, -0.25) is 9.59 Å². The number of amides is 3. The van der Waals surface area contributed by atoms with Gasteiger partial charge in [-0.05, 0) is 20.3 Å². The van der Waals surface area contributed by atoms with Gasteiger partial charge in [-0.15, -0.1) is 0 Å². The molecule has 1 aliphatic rings. The van der Waals surface area contributed by atoms with Crippen molar-refractivity contribution in [3.63, 3.8) is 0 Å². The number of hydrogen-bond acceptors (Lipinski definition) is 3. The number of hydrogen-bond donors (Lipinski definition) is 2. The molecule has 1 atom stereocenters. The van der Waals surface area contributed by atoms with Crippen molar-refractivity contribution in [2.24, 2.45) is 11.1 Å². The monoisotopic (exact) mass is 257 g/mol. The third kappa shape index (κ3) is 2.91. The van der Waals surface area contributed by atoms with Crippen molar-refractivity contribution in [3.05, 3.63) is 0 Å². The topological polar surface area (TPSA) is 104 Å². The predicted octanol–water partition coefficient (Wildman–Crippen LogP) is -0.290. The number of primary amides is 1. The Morgan fingerprint density at radius 2 is 2.06 bits per heavy atom. The Balaban J connectivity index is 2.69. The van der Waals surface area contributed by atoms with Crippen LogP contribution in [0, 0.1) is 5.41 Å². The van der Waals surface area contributed by atoms with Crippen LogP contribution in [0.4, 0.5) is 4.79 Å². The highest BCUT2D eigenvalue weighted by atomic mass is 16.4. The first-order valence-corrected chi connectivity index (χ1v) is 5.85. The third-order valence-electron chi connectivity index (χ3n) is 3.32. The van der Waals surface area contributed by atoms with Crippen molar-refractivity contribution in [2.45, 2.75) is 20.3 Å². The second kappa shape index (κ2) is 5.24. The van der Waals surface area contributed by atoms with Crippen LogP contribution in [0.25, 0.3) is 0 Å². The number of carbonyl (C=O) groups is 3. The number of carboxylic acids is 1. The van der Waals surface area contributed by atoms with Crippen LogP contribution in [0.2, 0.25) is 0 Å². The number of nitrogens with zero attached hydrogens (tertiary/aromatic N) is 2. The molecule has 0 aromatic heterocycles. The van der Waals surface area contributed by atoms with Crippen LogP contribution < -0.4 is 5.73 Å². The highest BCUT2D eigenvalue weighted by Crippen LogP contribution is 2.29. The average molecular weight is 257 g/mol. The molecule has 0 spiro atoms. The molecule has 0 aliphatic carbocycles. The summed E-state index contributed by atoms with van der Waals surface area (Å²) in [5.41, 5.74) is 4.59. The lowest BCUT2D eigenvalue weighted by Crippen LogP contribution is -2.46. The molecule has 0 saturated carbocycles. The zero-order chi connectivity index (χ0) is 13.9. The van der Waals surface area contributed by atoms with Gasteiger partial charge in [0.05, 0.1) is 5.41 Å². The van der Waals surface area contributed by atoms with Crippen LogP contribution in [0.3, 0.4) is 0 Å². The highest BCUT2D eigenvalue weighted by molar-refractivity contribution is 5.84. The van der Waals surface area contributed by atoms with Crippen LogP contribution in [0.15, 0.2) is 0 Å². The number of nitrogens with two attached hydrogens (primary N) is 1. The van der Waals surface area contributed by atoms with Crippen molar-refractivity contribution in [2.75, 3.05) is 26.2 Å². The molecule has 1 fully saturated rings. The molecule has 7 nitrogen and oxygen atoms in total. The molecule has 1 unspecified atom stereocenters. The standard InChI is InChI=1S/C11H19N3O4/c1-3-13(6-8(15)16)10(18)14-5-4-11(2,7-14)9(12)17/h3-7H2,1-2H3,(H2,12,17)(H,15,16). The summed E-state index contributed by atoms with van der Waals surface area (Å²) in [5.74, 6) is -1.49. The first-order chi connectivity index (χ1) is 8.30. The van der Waals surface area contributed by atoms with E-state index < -0.39 is 17.3 Å². The van der Waals surface area contributed by atoms with E-state index in [0.717, 1.165) is 0 Å². The molecule has 18 heavy (non-hydrogen) atoms. The fourth-order valence-electron chi connectivity index (χ4n) is 2.00. The molecular formula is C11H19N3O4. The van der Waals surface area contributed by atoms with Gasteiger partial charge in [-0.1, -0.05) is 0 Å². The summed E-state index contributed by atoms with van der Waals surface area (Å²) in [6.07, 6.45) is 0.513. The Morgan fingerprint density at radius 3 is 2.44 bits per heavy atom. The Bertz CT molecular complexity index is 371. The number of carboxylic acid groups (broad SMARTS) is 1. The van der Waals surface area contributed by atoms with Gasteiger partial charge in [0.1, 0.15) is 6.54 Å². The number of carbonyl (C=O) groups excluding carboxylic acids is 2. The summed E-state index contributed by atoms with van der Waals surface area (Å²) in [7, 11) is 0. The van der Waals surface area contributed by atoms with E-state index in [4.69, 9.17) is 10.8 Å². The van der Waals surface area contributed by atoms with E-state index in [0.29, 0.717) is 19.5 Å². The van der Waals surface area contributed by atoms with E-state index in [2.05, 4.69) is 0 Å². The van der Waals surface area contributed by atoms with E-state index in [1.54, 1.807) is 13.8 Å². The lowest BCUT2D eigenvalue weighted by molar-refractivity contribution is -0.137. The van der Waals surface area contributed by atoms with Gasteiger partial charge in [-0.2, -0.15) is 0 Å². The van der Waals surface area contributed by atoms with Crippen LogP contribution in [0.5, 0.6) is 0 Å². The normalized spacial score (nSPS) is 22.9. The van der Waals surface area contributed by atoms with E-state index in [1.807, 2.05) is 0 Å². The zero-order valence-electron chi connectivity index (χ0n) is 10.7. The summed E-state index contributed by atoms with van der Waals surface area (Å²) >= 11 is 0. The molecule has 0 aromatic carbocycles. The maximum atomic E-state index is 12.1. The summed E-state index contributed by atoms with van der Waals surface area (Å²) in [4.78, 5) is 36.7. The minimum absolute atomic E-state index is 0.247. The first-order valence-electron chi connectivity index (χ1n) is 5.85. The zero-order valence-corrected chi connectivity index (χ0v) is 10.7. The van der Waals surface area contributed by atoms with Gasteiger partial charge >= 0.3 is 12.0 Å². The highest BCUT2D eigenvalue weighted by Gasteiger charge is 2.41. The van der Waals surface area contributed by atoms with Crippen molar-refractivity contribution in [1.29, 1.82) is 0 Å². The number of likely N-dealkylation sites (N-methyl/N-ethyl adjacent to an activating group) is 1. The number of urea groups is 1. The largest absolute Gasteiger partial charge is 0.480 e. The van der Waals surface area contributed by atoms with Crippen LogP contribution in [-0.2, 0) is 9.59 Å². The Hall–Kier alpha value is -1.79. The predicted molar refractivity (Wildman–Crippen MR) is 63.8 cm³/mol. The minimum atomic E-state index is -1.05. The fourth-order valence-corrected chi connectivity index (χ4v) is 2.00. The van der Waals surface area contributed by atoms with Gasteiger partial charge in [0.25, 0.3) is 0 Å². The summed E-state index contributed by atoms with van der Waals surface area (Å²) in [5, 5.41) is 8.71. The van der Waals surface area contributed by atoms with Gasteiger partial charge < -0.3 is 20.6 Å². The van der Waals surface area contributed by atoms with Crippen molar-refractivity contribution >= 4 is 17.9 Å². The van der Waals surface area contributed by atoms with Crippen molar-refractivity contribution in [1.82, 2.24) is 9.80 Å². The van der Waals surface area contributed by atoms with Gasteiger partial charge in [0.2, 0.25) is 5.91 Å². The quantitative estimate of drug-likeness (QED) is 0.722. The van der Waals surface area contributed by atoms with Crippen molar-refractivity contribution < 1.29 is 19.5 Å². The van der Waals surface area contributed by atoms with Gasteiger partial charge in [0, 0.05) is 19.6 Å². The molecule has 102 valence electrons. The number of likely N-dealkylation sites (tertiary alicyclic amines) is 1. The molecule has 3 N–H and O–H groups in total. The molecule has 1 rings (SSSR count). The van der Waals surface area contributed by atoms with Crippen LogP contribution >= 0.6 is 0 Å². The smallest absolute Gasteiger partial charge is 0.323 e. The molecule has 0 radical (unpaired) electrons. The Morgan fingerprint density at radius 1 is 1.44 bits per heavy atom. The van der Waals surface area contributed by atoms with E-state index in [9.17, 15) is 14.4 Å². The van der Waals surface area contributed by atoms with Crippen LogP contribution in [0.1, 0.15) is 20.3 Å². The van der Waals surface area contributed by atoms with E-state index in [-0.39, 0.29) is 19.1 Å². The Kier molecular flexibility index (Phi) is 4.15. The first kappa shape index (κ1) is 14.3. The maximum absolute atomic E-state index is 12.1. The van der Waals surface area contributed by atoms with E-state index >= 15 is 0 Å². The fraction of sp³-hybridized carbons (Fsp3) is 0.727. The molecule has 0 aromatic rings. The molecule has 1 heterocycles. The van der Waals surface area contributed by atoms with Gasteiger partial charge in [-0.25, -0.2) is 4.79 Å². The SMILES string of the molecule is CCN(CC(=O)O)C(=O)N1CCC(C)(C(N)=O)C1. The summed E-state index contributed by atoms with van der Waals surface area (Å²) < 4.78 is 0. The molecule has 0 bridgehead atoms.